The SMILES string of the molecule is [C-]#[N+]c1ccc2c(c1)CC[C@H]2N1C(=O)[C@@H]2C[C@H]1CN2C[C@H](C)C(=O)N1CCC[C@H]1C#N. The molecule has 5 rings (SSSR count). The average molecular weight is 418 g/mol. The minimum Gasteiger partial charge on any atom is -0.330 e. The molecule has 3 saturated heterocycles. The van der Waals surface area contributed by atoms with E-state index in [1.54, 1.807) is 4.90 Å². The molecule has 0 spiro atoms. The highest BCUT2D eigenvalue weighted by atomic mass is 16.2. The van der Waals surface area contributed by atoms with Crippen LogP contribution in [0.25, 0.3) is 4.85 Å². The highest BCUT2D eigenvalue weighted by molar-refractivity contribution is 5.87. The number of carbonyl (C=O) groups is 2. The zero-order valence-electron chi connectivity index (χ0n) is 17.8. The maximum absolute atomic E-state index is 13.3. The third-order valence-corrected chi connectivity index (χ3v) is 7.57. The number of aryl methyl sites for hydroxylation is 1. The number of amides is 2. The number of hydrogen-bond acceptors (Lipinski definition) is 4. The van der Waals surface area contributed by atoms with E-state index in [1.807, 2.05) is 25.1 Å². The minimum absolute atomic E-state index is 0.0384. The second kappa shape index (κ2) is 7.66. The zero-order chi connectivity index (χ0) is 21.7. The molecule has 2 bridgehead atoms. The summed E-state index contributed by atoms with van der Waals surface area (Å²) in [7, 11) is 0. The summed E-state index contributed by atoms with van der Waals surface area (Å²) in [6.07, 6.45) is 4.31. The number of carbonyl (C=O) groups excluding carboxylic acids is 2. The Kier molecular flexibility index (Phi) is 4.95. The van der Waals surface area contributed by atoms with Crippen molar-refractivity contribution in [2.24, 2.45) is 5.92 Å². The fourth-order valence-corrected chi connectivity index (χ4v) is 6.12. The van der Waals surface area contributed by atoms with Crippen LogP contribution in [0.2, 0.25) is 0 Å². The Hall–Kier alpha value is -2.90. The van der Waals surface area contributed by atoms with Crippen LogP contribution in [0.15, 0.2) is 18.2 Å². The number of fused-ring (bicyclic) bond motifs is 3. The van der Waals surface area contributed by atoms with E-state index in [4.69, 9.17) is 6.57 Å². The second-order valence-electron chi connectivity index (χ2n) is 9.37. The summed E-state index contributed by atoms with van der Waals surface area (Å²) < 4.78 is 0. The average Bonchev–Trinajstić information content (AvgIpc) is 3.55. The summed E-state index contributed by atoms with van der Waals surface area (Å²) >= 11 is 0. The summed E-state index contributed by atoms with van der Waals surface area (Å²) in [6.45, 7) is 11.2. The van der Waals surface area contributed by atoms with E-state index in [2.05, 4.69) is 20.7 Å². The molecule has 7 heteroatoms. The van der Waals surface area contributed by atoms with E-state index in [9.17, 15) is 14.9 Å². The first kappa shape index (κ1) is 20.0. The molecule has 0 radical (unpaired) electrons. The lowest BCUT2D eigenvalue weighted by atomic mass is 10.0. The monoisotopic (exact) mass is 417 g/mol. The third-order valence-electron chi connectivity index (χ3n) is 7.57. The molecule has 3 fully saturated rings. The Bertz CT molecular complexity index is 1010. The van der Waals surface area contributed by atoms with E-state index in [1.165, 1.54) is 11.1 Å². The van der Waals surface area contributed by atoms with E-state index < -0.39 is 0 Å². The Morgan fingerprint density at radius 1 is 1.35 bits per heavy atom. The summed E-state index contributed by atoms with van der Waals surface area (Å²) in [5.74, 6) is 0.00402. The molecule has 7 nitrogen and oxygen atoms in total. The van der Waals surface area contributed by atoms with E-state index >= 15 is 0 Å². The summed E-state index contributed by atoms with van der Waals surface area (Å²) in [5.41, 5.74) is 3.05. The van der Waals surface area contributed by atoms with Crippen LogP contribution < -0.4 is 0 Å². The molecule has 0 saturated carbocycles. The summed E-state index contributed by atoms with van der Waals surface area (Å²) in [6, 6.07) is 7.95. The largest absolute Gasteiger partial charge is 0.330 e. The van der Waals surface area contributed by atoms with Crippen molar-refractivity contribution >= 4 is 17.5 Å². The van der Waals surface area contributed by atoms with Gasteiger partial charge in [0, 0.05) is 31.6 Å². The van der Waals surface area contributed by atoms with Gasteiger partial charge >= 0.3 is 0 Å². The Morgan fingerprint density at radius 3 is 2.94 bits per heavy atom. The Labute approximate surface area is 183 Å². The molecule has 1 aromatic carbocycles. The van der Waals surface area contributed by atoms with Crippen LogP contribution in [0.1, 0.15) is 49.8 Å². The number of nitrogens with zero attached hydrogens (tertiary/aromatic N) is 5. The van der Waals surface area contributed by atoms with E-state index in [0.29, 0.717) is 18.8 Å². The van der Waals surface area contributed by atoms with Gasteiger partial charge in [0.2, 0.25) is 11.8 Å². The van der Waals surface area contributed by atoms with Gasteiger partial charge in [-0.15, -0.1) is 0 Å². The number of piperazine rings is 1. The molecule has 5 atom stereocenters. The van der Waals surface area contributed by atoms with Gasteiger partial charge in [0.25, 0.3) is 0 Å². The molecule has 160 valence electrons. The van der Waals surface area contributed by atoms with Crippen LogP contribution in [-0.4, -0.2) is 64.3 Å². The molecule has 4 aliphatic rings. The van der Waals surface area contributed by atoms with Gasteiger partial charge in [-0.05, 0) is 37.7 Å². The van der Waals surface area contributed by atoms with Crippen LogP contribution in [0, 0.1) is 23.8 Å². The molecule has 2 amide bonds. The lowest BCUT2D eigenvalue weighted by molar-refractivity contribution is -0.142. The van der Waals surface area contributed by atoms with Gasteiger partial charge in [-0.2, -0.15) is 5.26 Å². The molecule has 1 aliphatic carbocycles. The lowest BCUT2D eigenvalue weighted by Crippen LogP contribution is -2.53. The standard InChI is InChI=1S/C24H27N5O2/c1-15(23(30)28-9-3-4-18(28)12-25)13-27-14-19-11-22(27)24(31)29(19)21-8-5-16-10-17(26-2)6-7-20(16)21/h6-7,10,15,18-19,21-22H,3-5,8-9,11,13-14H2,1H3/t15-,18-,19-,21+,22-/m0/s1. The first-order valence-corrected chi connectivity index (χ1v) is 11.3. The molecule has 1 aromatic rings. The van der Waals surface area contributed by atoms with Crippen molar-refractivity contribution < 1.29 is 9.59 Å². The predicted molar refractivity (Wildman–Crippen MR) is 114 cm³/mol. The van der Waals surface area contributed by atoms with Gasteiger partial charge in [0.05, 0.1) is 24.7 Å². The van der Waals surface area contributed by atoms with Crippen LogP contribution in [0.3, 0.4) is 0 Å². The van der Waals surface area contributed by atoms with Crippen molar-refractivity contribution in [3.63, 3.8) is 0 Å². The van der Waals surface area contributed by atoms with Crippen molar-refractivity contribution in [1.82, 2.24) is 14.7 Å². The van der Waals surface area contributed by atoms with Crippen LogP contribution in [-0.2, 0) is 16.0 Å². The molecule has 3 aliphatic heterocycles. The van der Waals surface area contributed by atoms with Gasteiger partial charge in [0.15, 0.2) is 5.69 Å². The van der Waals surface area contributed by atoms with Crippen LogP contribution in [0.4, 0.5) is 5.69 Å². The molecule has 0 unspecified atom stereocenters. The first-order valence-electron chi connectivity index (χ1n) is 11.3. The van der Waals surface area contributed by atoms with Gasteiger partial charge in [0.1, 0.15) is 6.04 Å². The smallest absolute Gasteiger partial charge is 0.240 e. The number of benzene rings is 1. The predicted octanol–water partition coefficient (Wildman–Crippen LogP) is 2.66. The molecular formula is C24H27N5O2. The summed E-state index contributed by atoms with van der Waals surface area (Å²) in [5, 5.41) is 9.28. The van der Waals surface area contributed by atoms with Crippen LogP contribution in [0.5, 0.6) is 0 Å². The highest BCUT2D eigenvalue weighted by Gasteiger charge is 2.53. The molecule has 0 aromatic heterocycles. The van der Waals surface area contributed by atoms with Crippen molar-refractivity contribution in [3.8, 4) is 6.07 Å². The van der Waals surface area contributed by atoms with Gasteiger partial charge < -0.3 is 9.80 Å². The molecule has 3 heterocycles. The lowest BCUT2D eigenvalue weighted by Gasteiger charge is -2.38. The minimum atomic E-state index is -0.298. The molecule has 0 N–H and O–H groups in total. The fourth-order valence-electron chi connectivity index (χ4n) is 6.12. The fraction of sp³-hybridized carbons (Fsp3) is 0.583. The van der Waals surface area contributed by atoms with Crippen LogP contribution >= 0.6 is 0 Å². The van der Waals surface area contributed by atoms with Gasteiger partial charge in [-0.25, -0.2) is 4.85 Å². The van der Waals surface area contributed by atoms with Crippen molar-refractivity contribution in [2.45, 2.75) is 63.2 Å². The number of nitriles is 1. The second-order valence-corrected chi connectivity index (χ2v) is 9.37. The van der Waals surface area contributed by atoms with Crippen molar-refractivity contribution in [1.29, 1.82) is 5.26 Å². The van der Waals surface area contributed by atoms with Gasteiger partial charge in [-0.3, -0.25) is 14.5 Å². The normalized spacial score (nSPS) is 30.4. The Morgan fingerprint density at radius 2 is 2.19 bits per heavy atom. The molecule has 31 heavy (non-hydrogen) atoms. The highest BCUT2D eigenvalue weighted by Crippen LogP contribution is 2.44. The third kappa shape index (κ3) is 3.20. The van der Waals surface area contributed by atoms with Gasteiger partial charge in [-0.1, -0.05) is 30.7 Å². The first-order chi connectivity index (χ1) is 15.0. The topological polar surface area (TPSA) is 72.0 Å². The van der Waals surface area contributed by atoms with E-state index in [-0.39, 0.29) is 41.9 Å². The summed E-state index contributed by atoms with van der Waals surface area (Å²) in [4.78, 5) is 35.7. The molecular weight excluding hydrogens is 390 g/mol. The zero-order valence-corrected chi connectivity index (χ0v) is 17.8. The number of hydrogen-bond donors (Lipinski definition) is 0. The van der Waals surface area contributed by atoms with Crippen molar-refractivity contribution in [3.05, 3.63) is 40.7 Å². The quantitative estimate of drug-likeness (QED) is 0.706. The number of rotatable bonds is 4. The Balaban J connectivity index is 1.25. The van der Waals surface area contributed by atoms with E-state index in [0.717, 1.165) is 38.6 Å². The number of likely N-dealkylation sites (tertiary alicyclic amines) is 3. The maximum atomic E-state index is 13.3. The van der Waals surface area contributed by atoms with Crippen molar-refractivity contribution in [2.75, 3.05) is 19.6 Å². The maximum Gasteiger partial charge on any atom is 0.240 e.